The summed E-state index contributed by atoms with van der Waals surface area (Å²) in [5.74, 6) is 0.156. The molecule has 1 heterocycles. The van der Waals surface area contributed by atoms with E-state index in [-0.39, 0.29) is 23.2 Å². The molecular weight excluding hydrogens is 392 g/mol. The molecule has 29 heavy (non-hydrogen) atoms. The first-order valence-corrected chi connectivity index (χ1v) is 9.95. The van der Waals surface area contributed by atoms with E-state index in [1.54, 1.807) is 24.3 Å². The molecular formula is C21H20N2O5S. The number of hydrogen-bond donors (Lipinski definition) is 0. The third-order valence-electron chi connectivity index (χ3n) is 4.50. The van der Waals surface area contributed by atoms with Crippen LogP contribution in [-0.2, 0) is 11.3 Å². The average molecular weight is 412 g/mol. The van der Waals surface area contributed by atoms with E-state index in [0.29, 0.717) is 16.9 Å². The van der Waals surface area contributed by atoms with Gasteiger partial charge >= 0.3 is 0 Å². The van der Waals surface area contributed by atoms with Crippen LogP contribution in [0.15, 0.2) is 53.4 Å². The third kappa shape index (κ3) is 4.65. The summed E-state index contributed by atoms with van der Waals surface area (Å²) >= 11 is 0.817. The summed E-state index contributed by atoms with van der Waals surface area (Å²) in [6, 6.07) is 13.4. The largest absolute Gasteiger partial charge is 0.490 e. The van der Waals surface area contributed by atoms with Crippen molar-refractivity contribution in [2.45, 2.75) is 32.9 Å². The predicted molar refractivity (Wildman–Crippen MR) is 111 cm³/mol. The minimum absolute atomic E-state index is 0.0123. The number of rotatable bonds is 7. The van der Waals surface area contributed by atoms with Crippen LogP contribution in [0.5, 0.6) is 5.75 Å². The van der Waals surface area contributed by atoms with Gasteiger partial charge in [-0.25, -0.2) is 0 Å². The van der Waals surface area contributed by atoms with Gasteiger partial charge in [-0.1, -0.05) is 43.3 Å². The Morgan fingerprint density at radius 3 is 2.59 bits per heavy atom. The Morgan fingerprint density at radius 2 is 1.86 bits per heavy atom. The highest BCUT2D eigenvalue weighted by molar-refractivity contribution is 8.18. The Balaban J connectivity index is 1.86. The Kier molecular flexibility index (Phi) is 6.33. The van der Waals surface area contributed by atoms with Crippen molar-refractivity contribution >= 4 is 34.7 Å². The molecule has 0 saturated carbocycles. The number of nitro benzene ring substituents is 1. The molecule has 1 saturated heterocycles. The smallest absolute Gasteiger partial charge is 0.293 e. The molecule has 1 atom stereocenters. The van der Waals surface area contributed by atoms with Gasteiger partial charge in [-0.3, -0.25) is 24.6 Å². The molecule has 0 bridgehead atoms. The van der Waals surface area contributed by atoms with E-state index in [9.17, 15) is 19.7 Å². The van der Waals surface area contributed by atoms with Gasteiger partial charge in [-0.2, -0.15) is 0 Å². The van der Waals surface area contributed by atoms with Crippen LogP contribution in [0.1, 0.15) is 31.4 Å². The van der Waals surface area contributed by atoms with Gasteiger partial charge in [0.2, 0.25) is 0 Å². The van der Waals surface area contributed by atoms with Crippen LogP contribution in [0.4, 0.5) is 10.5 Å². The average Bonchev–Trinajstić information content (AvgIpc) is 2.97. The van der Waals surface area contributed by atoms with Gasteiger partial charge in [-0.05, 0) is 37.2 Å². The van der Waals surface area contributed by atoms with Crippen molar-refractivity contribution in [1.29, 1.82) is 0 Å². The number of hydrogen-bond acceptors (Lipinski definition) is 6. The third-order valence-corrected chi connectivity index (χ3v) is 5.41. The zero-order valence-corrected chi connectivity index (χ0v) is 16.8. The SMILES string of the molecule is CC[C@H](C)Oc1ccccc1/C=C1/SC(=O)N(Cc2ccccc2[N+](=O)[O-])C1=O. The zero-order chi connectivity index (χ0) is 21.0. The molecule has 0 N–H and O–H groups in total. The van der Waals surface area contributed by atoms with E-state index in [0.717, 1.165) is 23.1 Å². The molecule has 150 valence electrons. The highest BCUT2D eigenvalue weighted by Crippen LogP contribution is 2.36. The van der Waals surface area contributed by atoms with Crippen LogP contribution in [-0.4, -0.2) is 27.1 Å². The minimum atomic E-state index is -0.521. The molecule has 1 aliphatic rings. The van der Waals surface area contributed by atoms with Crippen molar-refractivity contribution in [3.8, 4) is 5.75 Å². The van der Waals surface area contributed by atoms with E-state index in [1.807, 2.05) is 38.1 Å². The summed E-state index contributed by atoms with van der Waals surface area (Å²) < 4.78 is 5.89. The molecule has 2 amide bonds. The highest BCUT2D eigenvalue weighted by Gasteiger charge is 2.36. The number of nitrogens with zero attached hydrogens (tertiary/aromatic N) is 2. The molecule has 1 aliphatic heterocycles. The second kappa shape index (κ2) is 8.91. The van der Waals surface area contributed by atoms with Crippen LogP contribution in [0.25, 0.3) is 6.08 Å². The molecule has 0 aromatic heterocycles. The predicted octanol–water partition coefficient (Wildman–Crippen LogP) is 5.01. The van der Waals surface area contributed by atoms with E-state index < -0.39 is 16.1 Å². The Labute approximate surface area is 172 Å². The van der Waals surface area contributed by atoms with Crippen molar-refractivity contribution in [3.63, 3.8) is 0 Å². The second-order valence-corrected chi connectivity index (χ2v) is 7.52. The zero-order valence-electron chi connectivity index (χ0n) is 16.0. The lowest BCUT2D eigenvalue weighted by atomic mass is 10.1. The van der Waals surface area contributed by atoms with Crippen molar-refractivity contribution in [2.75, 3.05) is 0 Å². The Morgan fingerprint density at radius 1 is 1.17 bits per heavy atom. The molecule has 2 aromatic rings. The summed E-state index contributed by atoms with van der Waals surface area (Å²) in [6.07, 6.45) is 2.47. The van der Waals surface area contributed by atoms with Crippen molar-refractivity contribution < 1.29 is 19.2 Å². The number of carbonyl (C=O) groups excluding carboxylic acids is 2. The molecule has 1 fully saturated rings. The van der Waals surface area contributed by atoms with E-state index in [1.165, 1.54) is 6.07 Å². The van der Waals surface area contributed by atoms with E-state index in [4.69, 9.17) is 4.74 Å². The molecule has 7 nitrogen and oxygen atoms in total. The normalized spacial score (nSPS) is 16.3. The van der Waals surface area contributed by atoms with Gasteiger partial charge in [0.05, 0.1) is 22.5 Å². The number of imide groups is 1. The number of ether oxygens (including phenoxy) is 1. The van der Waals surface area contributed by atoms with Crippen molar-refractivity contribution in [2.24, 2.45) is 0 Å². The molecule has 3 rings (SSSR count). The van der Waals surface area contributed by atoms with Crippen molar-refractivity contribution in [3.05, 3.63) is 74.7 Å². The fourth-order valence-corrected chi connectivity index (χ4v) is 3.61. The molecule has 0 aliphatic carbocycles. The van der Waals surface area contributed by atoms with E-state index >= 15 is 0 Å². The number of benzene rings is 2. The fraction of sp³-hybridized carbons (Fsp3) is 0.238. The molecule has 2 aromatic carbocycles. The second-order valence-electron chi connectivity index (χ2n) is 6.53. The molecule has 0 unspecified atom stereocenters. The molecule has 0 spiro atoms. The lowest BCUT2D eigenvalue weighted by Crippen LogP contribution is -2.27. The van der Waals surface area contributed by atoms with Crippen LogP contribution < -0.4 is 4.74 Å². The highest BCUT2D eigenvalue weighted by atomic mass is 32.2. The monoisotopic (exact) mass is 412 g/mol. The first-order chi connectivity index (χ1) is 13.9. The topological polar surface area (TPSA) is 89.8 Å². The van der Waals surface area contributed by atoms with Gasteiger partial charge in [0.25, 0.3) is 16.8 Å². The minimum Gasteiger partial charge on any atom is -0.490 e. The number of amides is 2. The van der Waals surface area contributed by atoms with Gasteiger partial charge in [-0.15, -0.1) is 0 Å². The fourth-order valence-electron chi connectivity index (χ4n) is 2.78. The summed E-state index contributed by atoms with van der Waals surface area (Å²) in [5, 5.41) is 10.7. The quantitative estimate of drug-likeness (QED) is 0.361. The van der Waals surface area contributed by atoms with Gasteiger partial charge in [0.15, 0.2) is 0 Å². The molecule has 0 radical (unpaired) electrons. The van der Waals surface area contributed by atoms with E-state index in [2.05, 4.69) is 0 Å². The number of thioether (sulfide) groups is 1. The first-order valence-electron chi connectivity index (χ1n) is 9.14. The van der Waals surface area contributed by atoms with Gasteiger partial charge in [0.1, 0.15) is 5.75 Å². The van der Waals surface area contributed by atoms with Crippen LogP contribution >= 0.6 is 11.8 Å². The Hall–Kier alpha value is -3.13. The van der Waals surface area contributed by atoms with Gasteiger partial charge < -0.3 is 4.74 Å². The number of para-hydroxylation sites is 2. The summed E-state index contributed by atoms with van der Waals surface area (Å²) in [6.45, 7) is 3.82. The number of nitro groups is 1. The standard InChI is InChI=1S/C21H20N2O5S/c1-3-14(2)28-18-11-7-5-8-15(18)12-19-20(24)22(21(25)29-19)13-16-9-4-6-10-17(16)23(26)27/h4-12,14H,3,13H2,1-2H3/b19-12+/t14-/m0/s1. The number of carbonyl (C=O) groups is 2. The summed E-state index contributed by atoms with van der Waals surface area (Å²) in [5.41, 5.74) is 0.883. The van der Waals surface area contributed by atoms with Crippen LogP contribution in [0.2, 0.25) is 0 Å². The summed E-state index contributed by atoms with van der Waals surface area (Å²) in [7, 11) is 0. The lowest BCUT2D eigenvalue weighted by Gasteiger charge is -2.15. The maximum absolute atomic E-state index is 12.8. The van der Waals surface area contributed by atoms with Crippen LogP contribution in [0, 0.1) is 10.1 Å². The first kappa shape index (κ1) is 20.6. The summed E-state index contributed by atoms with van der Waals surface area (Å²) in [4.78, 5) is 37.2. The Bertz CT molecular complexity index is 989. The lowest BCUT2D eigenvalue weighted by molar-refractivity contribution is -0.385. The maximum Gasteiger partial charge on any atom is 0.293 e. The van der Waals surface area contributed by atoms with Crippen LogP contribution in [0.3, 0.4) is 0 Å². The maximum atomic E-state index is 12.8. The van der Waals surface area contributed by atoms with Gasteiger partial charge in [0, 0.05) is 17.2 Å². The van der Waals surface area contributed by atoms with Crippen molar-refractivity contribution in [1.82, 2.24) is 4.90 Å². The molecule has 8 heteroatoms.